The fourth-order valence-electron chi connectivity index (χ4n) is 3.98. The summed E-state index contributed by atoms with van der Waals surface area (Å²) in [6.45, 7) is 6.33. The molecule has 9 nitrogen and oxygen atoms in total. The summed E-state index contributed by atoms with van der Waals surface area (Å²) in [6.07, 6.45) is 4.97. The number of hydrogen-bond donors (Lipinski definition) is 3. The first-order chi connectivity index (χ1) is 17.3. The lowest BCUT2D eigenvalue weighted by Gasteiger charge is -2.30. The van der Waals surface area contributed by atoms with E-state index in [1.165, 1.54) is 6.20 Å². The maximum Gasteiger partial charge on any atom is 0.289 e. The Balaban J connectivity index is 1.45. The number of nitrogens with zero attached hydrogens (tertiary/aromatic N) is 4. The summed E-state index contributed by atoms with van der Waals surface area (Å²) in [4.78, 5) is 11.6. The zero-order valence-electron chi connectivity index (χ0n) is 20.0. The number of hydrogen-bond acceptors (Lipinski definition) is 7. The van der Waals surface area contributed by atoms with Crippen molar-refractivity contribution in [2.45, 2.75) is 26.8 Å². The Bertz CT molecular complexity index is 1420. The molecule has 0 saturated carbocycles. The number of fused-ring (bicyclic) bond motifs is 1. The van der Waals surface area contributed by atoms with E-state index in [-0.39, 0.29) is 36.7 Å². The first kappa shape index (κ1) is 23.7. The second kappa shape index (κ2) is 9.23. The van der Waals surface area contributed by atoms with Gasteiger partial charge in [-0.1, -0.05) is 6.92 Å². The molecule has 3 aromatic heterocycles. The highest BCUT2D eigenvalue weighted by Crippen LogP contribution is 2.39. The predicted octanol–water partition coefficient (Wildman–Crippen LogP) is 4.87. The van der Waals surface area contributed by atoms with Crippen molar-refractivity contribution in [2.24, 2.45) is 10.4 Å². The number of pyridine rings is 1. The molecule has 11 heteroatoms. The van der Waals surface area contributed by atoms with Crippen LogP contribution in [0.5, 0.6) is 11.5 Å². The van der Waals surface area contributed by atoms with Gasteiger partial charge in [0.1, 0.15) is 18.0 Å². The van der Waals surface area contributed by atoms with E-state index in [4.69, 9.17) is 9.47 Å². The molecule has 0 bridgehead atoms. The SMILES string of the molecule is CC(C)n1nccc1-c1c[nH]c2nccc(Oc3c(F)cc(NC4=NC[C@](C)(CO)CO4)cc3F)c12. The van der Waals surface area contributed by atoms with Crippen molar-refractivity contribution in [3.05, 3.63) is 54.5 Å². The van der Waals surface area contributed by atoms with Crippen LogP contribution in [0.2, 0.25) is 0 Å². The van der Waals surface area contributed by atoms with E-state index in [1.54, 1.807) is 18.5 Å². The lowest BCUT2D eigenvalue weighted by atomic mass is 9.93. The van der Waals surface area contributed by atoms with Crippen LogP contribution in [0.1, 0.15) is 26.8 Å². The molecule has 0 fully saturated rings. The number of halogens is 2. The standard InChI is InChI=1S/C25H26F2N6O3/c1-14(2)33-19(4-7-31-33)16-10-29-23-21(16)20(5-6-28-23)36-22-17(26)8-15(9-18(22)27)32-24-30-11-25(3,12-34)13-35-24/h4-10,14,34H,11-13H2,1-3H3,(H,28,29)(H,30,32)/t25-/m1/s1. The Morgan fingerprint density at radius 1 is 1.25 bits per heavy atom. The molecule has 4 aromatic rings. The predicted molar refractivity (Wildman–Crippen MR) is 131 cm³/mol. The number of aliphatic imine (C=N–C) groups is 1. The van der Waals surface area contributed by atoms with Crippen LogP contribution < -0.4 is 10.1 Å². The van der Waals surface area contributed by atoms with Gasteiger partial charge in [-0.3, -0.25) is 4.68 Å². The highest BCUT2D eigenvalue weighted by Gasteiger charge is 2.29. The third-order valence-electron chi connectivity index (χ3n) is 5.98. The van der Waals surface area contributed by atoms with Crippen LogP contribution >= 0.6 is 0 Å². The maximum absolute atomic E-state index is 15.0. The first-order valence-electron chi connectivity index (χ1n) is 11.5. The average molecular weight is 497 g/mol. The zero-order chi connectivity index (χ0) is 25.4. The lowest BCUT2D eigenvalue weighted by molar-refractivity contribution is 0.0706. The van der Waals surface area contributed by atoms with E-state index in [9.17, 15) is 5.11 Å². The van der Waals surface area contributed by atoms with E-state index in [0.717, 1.165) is 23.4 Å². The smallest absolute Gasteiger partial charge is 0.289 e. The van der Waals surface area contributed by atoms with E-state index in [0.29, 0.717) is 17.6 Å². The third kappa shape index (κ3) is 4.37. The van der Waals surface area contributed by atoms with Crippen molar-refractivity contribution in [3.8, 4) is 22.8 Å². The molecule has 0 amide bonds. The summed E-state index contributed by atoms with van der Waals surface area (Å²) in [5.74, 6) is -2.10. The average Bonchev–Trinajstić information content (AvgIpc) is 3.50. The summed E-state index contributed by atoms with van der Waals surface area (Å²) in [6, 6.07) is 5.86. The number of aliphatic hydroxyl groups excluding tert-OH is 1. The van der Waals surface area contributed by atoms with Gasteiger partial charge in [0, 0.05) is 53.4 Å². The highest BCUT2D eigenvalue weighted by molar-refractivity contribution is 5.97. The van der Waals surface area contributed by atoms with E-state index in [2.05, 4.69) is 25.4 Å². The third-order valence-corrected chi connectivity index (χ3v) is 5.98. The van der Waals surface area contributed by atoms with Crippen LogP contribution in [0.3, 0.4) is 0 Å². The van der Waals surface area contributed by atoms with E-state index >= 15 is 8.78 Å². The molecule has 1 atom stereocenters. The fourth-order valence-corrected chi connectivity index (χ4v) is 3.98. The number of amidine groups is 1. The van der Waals surface area contributed by atoms with Crippen molar-refractivity contribution in [2.75, 3.05) is 25.1 Å². The number of ether oxygens (including phenoxy) is 2. The number of H-pyrrole nitrogens is 1. The van der Waals surface area contributed by atoms with Crippen LogP contribution in [0.25, 0.3) is 22.3 Å². The molecule has 36 heavy (non-hydrogen) atoms. The van der Waals surface area contributed by atoms with Gasteiger partial charge in [-0.15, -0.1) is 0 Å². The second-order valence-corrected chi connectivity index (χ2v) is 9.36. The maximum atomic E-state index is 15.0. The number of nitrogens with one attached hydrogen (secondary N) is 2. The van der Waals surface area contributed by atoms with Gasteiger partial charge in [0.05, 0.1) is 24.2 Å². The Hall–Kier alpha value is -3.99. The molecule has 1 aromatic carbocycles. The summed E-state index contributed by atoms with van der Waals surface area (Å²) in [7, 11) is 0. The molecule has 3 N–H and O–H groups in total. The molecule has 1 aliphatic rings. The van der Waals surface area contributed by atoms with Crippen LogP contribution in [0.4, 0.5) is 14.5 Å². The number of rotatable bonds is 6. The summed E-state index contributed by atoms with van der Waals surface area (Å²) in [5.41, 5.74) is 1.72. The molecule has 0 radical (unpaired) electrons. The van der Waals surface area contributed by atoms with Gasteiger partial charge in [-0.2, -0.15) is 5.10 Å². The largest absolute Gasteiger partial charge is 0.464 e. The number of benzene rings is 1. The Morgan fingerprint density at radius 2 is 2.03 bits per heavy atom. The van der Waals surface area contributed by atoms with E-state index in [1.807, 2.05) is 31.5 Å². The van der Waals surface area contributed by atoms with Gasteiger partial charge in [0.15, 0.2) is 17.4 Å². The van der Waals surface area contributed by atoms with Gasteiger partial charge in [0.2, 0.25) is 0 Å². The van der Waals surface area contributed by atoms with Gasteiger partial charge < -0.3 is 24.9 Å². The molecule has 4 heterocycles. The van der Waals surface area contributed by atoms with Crippen molar-refractivity contribution in [3.63, 3.8) is 0 Å². The van der Waals surface area contributed by atoms with Gasteiger partial charge in [-0.25, -0.2) is 18.8 Å². The minimum Gasteiger partial charge on any atom is -0.464 e. The number of aromatic amines is 1. The zero-order valence-corrected chi connectivity index (χ0v) is 20.0. The molecule has 1 aliphatic heterocycles. The van der Waals surface area contributed by atoms with Crippen molar-refractivity contribution in [1.82, 2.24) is 19.7 Å². The van der Waals surface area contributed by atoms with Crippen LogP contribution in [-0.2, 0) is 4.74 Å². The van der Waals surface area contributed by atoms with Crippen molar-refractivity contribution < 1.29 is 23.4 Å². The summed E-state index contributed by atoms with van der Waals surface area (Å²) < 4.78 is 43.2. The van der Waals surface area contributed by atoms with Crippen LogP contribution in [0.15, 0.2) is 47.8 Å². The normalized spacial score (nSPS) is 17.8. The van der Waals surface area contributed by atoms with Gasteiger partial charge in [0.25, 0.3) is 6.02 Å². The topological polar surface area (TPSA) is 110 Å². The van der Waals surface area contributed by atoms with Crippen molar-refractivity contribution >= 4 is 22.7 Å². The molecule has 0 saturated heterocycles. The summed E-state index contributed by atoms with van der Waals surface area (Å²) in [5, 5.41) is 17.1. The molecule has 0 aliphatic carbocycles. The Labute approximate surface area is 205 Å². The highest BCUT2D eigenvalue weighted by atomic mass is 19.1. The monoisotopic (exact) mass is 496 g/mol. The number of aliphatic hydroxyl groups is 1. The molecule has 188 valence electrons. The molecular weight excluding hydrogens is 470 g/mol. The van der Waals surface area contributed by atoms with Gasteiger partial charge >= 0.3 is 0 Å². The first-order valence-corrected chi connectivity index (χ1v) is 11.5. The van der Waals surface area contributed by atoms with Crippen molar-refractivity contribution in [1.29, 1.82) is 0 Å². The van der Waals surface area contributed by atoms with Crippen LogP contribution in [0, 0.1) is 17.0 Å². The second-order valence-electron chi connectivity index (χ2n) is 9.36. The Morgan fingerprint density at radius 3 is 2.69 bits per heavy atom. The molecule has 5 rings (SSSR count). The quantitative estimate of drug-likeness (QED) is 0.351. The van der Waals surface area contributed by atoms with Gasteiger partial charge in [-0.05, 0) is 26.0 Å². The Kier molecular flexibility index (Phi) is 6.09. The molecule has 0 unspecified atom stereocenters. The van der Waals surface area contributed by atoms with E-state index < -0.39 is 22.8 Å². The number of anilines is 1. The lowest BCUT2D eigenvalue weighted by Crippen LogP contribution is -2.38. The molecular formula is C25H26F2N6O3. The minimum atomic E-state index is -0.900. The fraction of sp³-hybridized carbons (Fsp3) is 0.320. The summed E-state index contributed by atoms with van der Waals surface area (Å²) >= 11 is 0. The number of aromatic nitrogens is 4. The minimum absolute atomic E-state index is 0.0794. The van der Waals surface area contributed by atoms with Crippen LogP contribution in [-0.4, -0.2) is 50.6 Å². The molecule has 0 spiro atoms.